The SMILES string of the molecule is CC(C)CC=NNC(=O)Cc1ccccc1. The van der Waals surface area contributed by atoms with Crippen molar-refractivity contribution in [3.8, 4) is 0 Å². The molecule has 0 aliphatic rings. The highest BCUT2D eigenvalue weighted by molar-refractivity contribution is 5.79. The molecule has 0 unspecified atom stereocenters. The Kier molecular flexibility index (Phi) is 5.26. The van der Waals surface area contributed by atoms with Gasteiger partial charge in [0.2, 0.25) is 5.91 Å². The first-order valence-corrected chi connectivity index (χ1v) is 5.52. The van der Waals surface area contributed by atoms with Crippen molar-refractivity contribution in [1.29, 1.82) is 0 Å². The Morgan fingerprint density at radius 1 is 1.38 bits per heavy atom. The van der Waals surface area contributed by atoms with Gasteiger partial charge in [-0.05, 0) is 17.9 Å². The molecule has 0 spiro atoms. The van der Waals surface area contributed by atoms with Crippen molar-refractivity contribution in [2.45, 2.75) is 26.7 Å². The summed E-state index contributed by atoms with van der Waals surface area (Å²) in [6.45, 7) is 4.22. The Labute approximate surface area is 96.6 Å². The lowest BCUT2D eigenvalue weighted by Gasteiger charge is -2.00. The summed E-state index contributed by atoms with van der Waals surface area (Å²) >= 11 is 0. The van der Waals surface area contributed by atoms with Crippen LogP contribution < -0.4 is 5.43 Å². The first-order valence-electron chi connectivity index (χ1n) is 5.52. The van der Waals surface area contributed by atoms with Crippen molar-refractivity contribution in [2.75, 3.05) is 0 Å². The van der Waals surface area contributed by atoms with Crippen LogP contribution in [0.4, 0.5) is 0 Å². The molecular weight excluding hydrogens is 200 g/mol. The number of hydrazone groups is 1. The fourth-order valence-electron chi connectivity index (χ4n) is 1.20. The summed E-state index contributed by atoms with van der Waals surface area (Å²) < 4.78 is 0. The van der Waals surface area contributed by atoms with Crippen LogP contribution in [-0.2, 0) is 11.2 Å². The second-order valence-electron chi connectivity index (χ2n) is 4.14. The molecule has 0 radical (unpaired) electrons. The molecule has 0 aliphatic carbocycles. The molecule has 1 amide bonds. The Morgan fingerprint density at radius 2 is 2.06 bits per heavy atom. The van der Waals surface area contributed by atoms with E-state index in [9.17, 15) is 4.79 Å². The summed E-state index contributed by atoms with van der Waals surface area (Å²) in [5, 5.41) is 3.88. The van der Waals surface area contributed by atoms with Gasteiger partial charge in [-0.15, -0.1) is 0 Å². The summed E-state index contributed by atoms with van der Waals surface area (Å²) in [7, 11) is 0. The highest BCUT2D eigenvalue weighted by Gasteiger charge is 2.00. The number of rotatable bonds is 5. The van der Waals surface area contributed by atoms with Crippen molar-refractivity contribution >= 4 is 12.1 Å². The zero-order chi connectivity index (χ0) is 11.8. The maximum atomic E-state index is 11.4. The van der Waals surface area contributed by atoms with E-state index < -0.39 is 0 Å². The van der Waals surface area contributed by atoms with E-state index in [0.717, 1.165) is 12.0 Å². The fourth-order valence-corrected chi connectivity index (χ4v) is 1.20. The highest BCUT2D eigenvalue weighted by atomic mass is 16.2. The molecule has 3 nitrogen and oxygen atoms in total. The molecule has 1 aromatic carbocycles. The van der Waals surface area contributed by atoms with Crippen LogP contribution in [-0.4, -0.2) is 12.1 Å². The lowest BCUT2D eigenvalue weighted by atomic mass is 10.1. The molecule has 0 heterocycles. The van der Waals surface area contributed by atoms with Crippen molar-refractivity contribution in [3.63, 3.8) is 0 Å². The predicted molar refractivity (Wildman–Crippen MR) is 66.2 cm³/mol. The molecule has 0 fully saturated rings. The quantitative estimate of drug-likeness (QED) is 0.598. The van der Waals surface area contributed by atoms with Crippen LogP contribution in [0.15, 0.2) is 35.4 Å². The average Bonchev–Trinajstić information content (AvgIpc) is 2.25. The third-order valence-electron chi connectivity index (χ3n) is 2.06. The Hall–Kier alpha value is -1.64. The van der Waals surface area contributed by atoms with Crippen molar-refractivity contribution in [1.82, 2.24) is 5.43 Å². The van der Waals surface area contributed by atoms with Crippen molar-refractivity contribution in [3.05, 3.63) is 35.9 Å². The predicted octanol–water partition coefficient (Wildman–Crippen LogP) is 2.38. The minimum Gasteiger partial charge on any atom is -0.273 e. The smallest absolute Gasteiger partial charge is 0.244 e. The third kappa shape index (κ3) is 5.29. The normalized spacial score (nSPS) is 10.9. The number of amides is 1. The second-order valence-corrected chi connectivity index (χ2v) is 4.14. The van der Waals surface area contributed by atoms with Gasteiger partial charge in [0.25, 0.3) is 0 Å². The third-order valence-corrected chi connectivity index (χ3v) is 2.06. The number of hydrogen-bond acceptors (Lipinski definition) is 2. The maximum absolute atomic E-state index is 11.4. The van der Waals surface area contributed by atoms with E-state index in [-0.39, 0.29) is 5.91 Å². The minimum absolute atomic E-state index is 0.0776. The summed E-state index contributed by atoms with van der Waals surface area (Å²) in [5.41, 5.74) is 3.52. The molecule has 0 bridgehead atoms. The Balaban J connectivity index is 2.29. The van der Waals surface area contributed by atoms with Gasteiger partial charge in [0.1, 0.15) is 0 Å². The minimum atomic E-state index is -0.0776. The van der Waals surface area contributed by atoms with E-state index in [4.69, 9.17) is 0 Å². The standard InChI is InChI=1S/C13H18N2O/c1-11(2)8-9-14-15-13(16)10-12-6-4-3-5-7-12/h3-7,9,11H,8,10H2,1-2H3,(H,15,16). The topological polar surface area (TPSA) is 41.5 Å². The largest absolute Gasteiger partial charge is 0.273 e. The number of carbonyl (C=O) groups excluding carboxylic acids is 1. The van der Waals surface area contributed by atoms with Crippen LogP contribution in [0.1, 0.15) is 25.8 Å². The lowest BCUT2D eigenvalue weighted by molar-refractivity contribution is -0.120. The number of carbonyl (C=O) groups is 1. The number of hydrogen-bond donors (Lipinski definition) is 1. The zero-order valence-electron chi connectivity index (χ0n) is 9.81. The zero-order valence-corrected chi connectivity index (χ0v) is 9.81. The molecule has 86 valence electrons. The molecule has 16 heavy (non-hydrogen) atoms. The van der Waals surface area contributed by atoms with E-state index in [2.05, 4.69) is 24.4 Å². The first-order chi connectivity index (χ1) is 7.68. The van der Waals surface area contributed by atoms with E-state index in [1.807, 2.05) is 30.3 Å². The van der Waals surface area contributed by atoms with Gasteiger partial charge >= 0.3 is 0 Å². The van der Waals surface area contributed by atoms with Gasteiger partial charge in [-0.3, -0.25) is 4.79 Å². The summed E-state index contributed by atoms with van der Waals surface area (Å²) in [5.74, 6) is 0.487. The van der Waals surface area contributed by atoms with Crippen LogP contribution in [0.25, 0.3) is 0 Å². The van der Waals surface area contributed by atoms with Gasteiger partial charge < -0.3 is 0 Å². The Bertz CT molecular complexity index is 344. The summed E-state index contributed by atoms with van der Waals surface area (Å²) in [6.07, 6.45) is 3.00. The highest BCUT2D eigenvalue weighted by Crippen LogP contribution is 1.99. The van der Waals surface area contributed by atoms with Gasteiger partial charge in [0.15, 0.2) is 0 Å². The number of nitrogens with one attached hydrogen (secondary N) is 1. The second kappa shape index (κ2) is 6.77. The number of benzene rings is 1. The number of nitrogens with zero attached hydrogens (tertiary/aromatic N) is 1. The van der Waals surface area contributed by atoms with Crippen LogP contribution >= 0.6 is 0 Å². The molecule has 1 rings (SSSR count). The summed E-state index contributed by atoms with van der Waals surface area (Å²) in [6, 6.07) is 9.63. The molecule has 0 aromatic heterocycles. The fraction of sp³-hybridized carbons (Fsp3) is 0.385. The molecule has 0 saturated heterocycles. The van der Waals surface area contributed by atoms with Crippen LogP contribution in [0, 0.1) is 5.92 Å². The average molecular weight is 218 g/mol. The van der Waals surface area contributed by atoms with Gasteiger partial charge in [-0.1, -0.05) is 44.2 Å². The van der Waals surface area contributed by atoms with Gasteiger partial charge in [-0.25, -0.2) is 5.43 Å². The van der Waals surface area contributed by atoms with Gasteiger partial charge in [-0.2, -0.15) is 5.10 Å². The van der Waals surface area contributed by atoms with Crippen LogP contribution in [0.3, 0.4) is 0 Å². The van der Waals surface area contributed by atoms with Gasteiger partial charge in [0, 0.05) is 6.21 Å². The molecular formula is C13H18N2O. The molecule has 0 saturated carbocycles. The summed E-state index contributed by atoms with van der Waals surface area (Å²) in [4.78, 5) is 11.4. The van der Waals surface area contributed by atoms with E-state index in [1.54, 1.807) is 6.21 Å². The molecule has 0 atom stereocenters. The Morgan fingerprint density at radius 3 is 2.69 bits per heavy atom. The molecule has 1 N–H and O–H groups in total. The monoisotopic (exact) mass is 218 g/mol. The maximum Gasteiger partial charge on any atom is 0.244 e. The van der Waals surface area contributed by atoms with E-state index >= 15 is 0 Å². The lowest BCUT2D eigenvalue weighted by Crippen LogP contribution is -2.19. The van der Waals surface area contributed by atoms with Crippen LogP contribution in [0.5, 0.6) is 0 Å². The van der Waals surface area contributed by atoms with Gasteiger partial charge in [0.05, 0.1) is 6.42 Å². The van der Waals surface area contributed by atoms with E-state index in [0.29, 0.717) is 12.3 Å². The molecule has 3 heteroatoms. The van der Waals surface area contributed by atoms with Crippen LogP contribution in [0.2, 0.25) is 0 Å². The van der Waals surface area contributed by atoms with E-state index in [1.165, 1.54) is 0 Å². The molecule has 0 aliphatic heterocycles. The first kappa shape index (κ1) is 12.4. The van der Waals surface area contributed by atoms with Crippen molar-refractivity contribution < 1.29 is 4.79 Å². The molecule has 1 aromatic rings. The van der Waals surface area contributed by atoms with Crippen molar-refractivity contribution in [2.24, 2.45) is 11.0 Å².